The van der Waals surface area contributed by atoms with Gasteiger partial charge < -0.3 is 19.3 Å². The Hall–Kier alpha value is -2.50. The summed E-state index contributed by atoms with van der Waals surface area (Å²) in [5, 5.41) is 6.16. The van der Waals surface area contributed by atoms with Crippen LogP contribution in [0.3, 0.4) is 0 Å². The lowest BCUT2D eigenvalue weighted by Gasteiger charge is -2.18. The summed E-state index contributed by atoms with van der Waals surface area (Å²) in [6, 6.07) is 6.70. The molecule has 0 aliphatic carbocycles. The second kappa shape index (κ2) is 4.40. The maximum absolute atomic E-state index is 11.7. The van der Waals surface area contributed by atoms with Crippen LogP contribution in [0.25, 0.3) is 0 Å². The molecule has 6 heteroatoms. The predicted octanol–water partition coefficient (Wildman–Crippen LogP) is 1.70. The van der Waals surface area contributed by atoms with Gasteiger partial charge in [-0.3, -0.25) is 4.79 Å². The molecular weight excluding hydrogens is 236 g/mol. The van der Waals surface area contributed by atoms with E-state index in [1.54, 1.807) is 18.2 Å². The van der Waals surface area contributed by atoms with E-state index in [4.69, 9.17) is 14.0 Å². The van der Waals surface area contributed by atoms with Crippen molar-refractivity contribution in [3.8, 4) is 11.5 Å². The van der Waals surface area contributed by atoms with Crippen LogP contribution in [-0.2, 0) is 0 Å². The Bertz CT molecular complexity index is 565. The average molecular weight is 246 g/mol. The van der Waals surface area contributed by atoms with Gasteiger partial charge in [-0.1, -0.05) is 5.16 Å². The van der Waals surface area contributed by atoms with Crippen LogP contribution in [0.5, 0.6) is 11.5 Å². The summed E-state index contributed by atoms with van der Waals surface area (Å²) >= 11 is 0. The molecule has 92 valence electrons. The first-order valence-corrected chi connectivity index (χ1v) is 5.44. The summed E-state index contributed by atoms with van der Waals surface area (Å²) in [6.07, 6.45) is 1.42. The molecule has 1 amide bonds. The van der Waals surface area contributed by atoms with Crippen LogP contribution in [0.15, 0.2) is 35.0 Å². The first kappa shape index (κ1) is 10.6. The van der Waals surface area contributed by atoms with Gasteiger partial charge in [-0.25, -0.2) is 0 Å². The highest BCUT2D eigenvalue weighted by atomic mass is 16.6. The van der Waals surface area contributed by atoms with Gasteiger partial charge in [0.2, 0.25) is 5.76 Å². The summed E-state index contributed by atoms with van der Waals surface area (Å²) in [4.78, 5) is 11.7. The van der Waals surface area contributed by atoms with Crippen LogP contribution < -0.4 is 14.8 Å². The molecule has 0 unspecified atom stereocenters. The summed E-state index contributed by atoms with van der Waals surface area (Å²) < 4.78 is 15.6. The number of carbonyl (C=O) groups excluding carboxylic acids is 1. The first-order valence-electron chi connectivity index (χ1n) is 5.44. The van der Waals surface area contributed by atoms with E-state index in [9.17, 15) is 4.79 Å². The van der Waals surface area contributed by atoms with E-state index in [1.807, 2.05) is 0 Å². The Morgan fingerprint density at radius 2 is 2.00 bits per heavy atom. The van der Waals surface area contributed by atoms with E-state index in [0.29, 0.717) is 30.4 Å². The highest BCUT2D eigenvalue weighted by Crippen LogP contribution is 2.32. The Balaban J connectivity index is 1.79. The van der Waals surface area contributed by atoms with Crippen LogP contribution in [-0.4, -0.2) is 24.3 Å². The van der Waals surface area contributed by atoms with Crippen LogP contribution in [0, 0.1) is 0 Å². The fourth-order valence-corrected chi connectivity index (χ4v) is 1.65. The van der Waals surface area contributed by atoms with Crippen molar-refractivity contribution < 1.29 is 18.8 Å². The van der Waals surface area contributed by atoms with Gasteiger partial charge in [0.25, 0.3) is 5.91 Å². The summed E-state index contributed by atoms with van der Waals surface area (Å²) in [5.74, 6) is 1.10. The molecule has 2 heterocycles. The molecular formula is C12H10N2O4. The maximum atomic E-state index is 11.7. The number of hydrogen-bond donors (Lipinski definition) is 1. The van der Waals surface area contributed by atoms with Crippen molar-refractivity contribution in [1.29, 1.82) is 0 Å². The molecule has 0 saturated carbocycles. The first-order chi connectivity index (χ1) is 8.83. The number of aromatic nitrogens is 1. The molecule has 1 aliphatic heterocycles. The molecule has 18 heavy (non-hydrogen) atoms. The molecule has 0 saturated heterocycles. The van der Waals surface area contributed by atoms with Crippen molar-refractivity contribution in [2.24, 2.45) is 0 Å². The Morgan fingerprint density at radius 3 is 2.78 bits per heavy atom. The number of ether oxygens (including phenoxy) is 2. The van der Waals surface area contributed by atoms with E-state index in [1.165, 1.54) is 12.3 Å². The van der Waals surface area contributed by atoms with E-state index in [0.717, 1.165) is 0 Å². The molecule has 3 rings (SSSR count). The minimum Gasteiger partial charge on any atom is -0.486 e. The monoisotopic (exact) mass is 246 g/mol. The number of fused-ring (bicyclic) bond motifs is 1. The number of nitrogens with one attached hydrogen (secondary N) is 1. The van der Waals surface area contributed by atoms with Crippen molar-refractivity contribution in [2.75, 3.05) is 18.5 Å². The average Bonchev–Trinajstić information content (AvgIpc) is 2.92. The van der Waals surface area contributed by atoms with Gasteiger partial charge in [0.15, 0.2) is 11.5 Å². The van der Waals surface area contributed by atoms with Gasteiger partial charge in [0, 0.05) is 17.8 Å². The van der Waals surface area contributed by atoms with E-state index in [-0.39, 0.29) is 11.7 Å². The molecule has 0 radical (unpaired) electrons. The minimum atomic E-state index is -0.357. The molecule has 0 spiro atoms. The van der Waals surface area contributed by atoms with Gasteiger partial charge in [0.1, 0.15) is 13.2 Å². The van der Waals surface area contributed by atoms with Crippen LogP contribution >= 0.6 is 0 Å². The summed E-state index contributed by atoms with van der Waals surface area (Å²) in [7, 11) is 0. The Morgan fingerprint density at radius 1 is 1.17 bits per heavy atom. The fourth-order valence-electron chi connectivity index (χ4n) is 1.65. The zero-order valence-electron chi connectivity index (χ0n) is 9.38. The lowest BCUT2D eigenvalue weighted by atomic mass is 10.2. The second-order valence-corrected chi connectivity index (χ2v) is 3.69. The van der Waals surface area contributed by atoms with Crippen LogP contribution in [0.1, 0.15) is 10.6 Å². The topological polar surface area (TPSA) is 73.6 Å². The highest BCUT2D eigenvalue weighted by Gasteiger charge is 2.14. The van der Waals surface area contributed by atoms with E-state index in [2.05, 4.69) is 10.5 Å². The largest absolute Gasteiger partial charge is 0.486 e. The fraction of sp³-hybridized carbons (Fsp3) is 0.167. The molecule has 2 aromatic rings. The smallest absolute Gasteiger partial charge is 0.294 e. The third-order valence-corrected chi connectivity index (χ3v) is 2.46. The zero-order valence-corrected chi connectivity index (χ0v) is 9.38. The minimum absolute atomic E-state index is 0.157. The van der Waals surface area contributed by atoms with Crippen molar-refractivity contribution in [3.63, 3.8) is 0 Å². The van der Waals surface area contributed by atoms with E-state index < -0.39 is 0 Å². The third kappa shape index (κ3) is 2.00. The third-order valence-electron chi connectivity index (χ3n) is 2.46. The maximum Gasteiger partial charge on any atom is 0.294 e. The zero-order chi connectivity index (χ0) is 12.4. The number of nitrogens with zero attached hydrogens (tertiary/aromatic N) is 1. The van der Waals surface area contributed by atoms with Gasteiger partial charge >= 0.3 is 0 Å². The Labute approximate surface area is 102 Å². The number of anilines is 1. The number of benzene rings is 1. The van der Waals surface area contributed by atoms with Gasteiger partial charge in [-0.15, -0.1) is 0 Å². The van der Waals surface area contributed by atoms with Crippen LogP contribution in [0.4, 0.5) is 5.69 Å². The lowest BCUT2D eigenvalue weighted by molar-refractivity contribution is 0.0988. The molecule has 1 aromatic carbocycles. The second-order valence-electron chi connectivity index (χ2n) is 3.69. The standard InChI is InChI=1S/C12H10N2O4/c15-12(10-3-4-13-18-10)14-8-1-2-9-11(7-8)17-6-5-16-9/h1-4,7H,5-6H2,(H,14,15). The quantitative estimate of drug-likeness (QED) is 0.872. The molecule has 1 aliphatic rings. The number of rotatable bonds is 2. The van der Waals surface area contributed by atoms with Crippen molar-refractivity contribution in [3.05, 3.63) is 36.2 Å². The summed E-state index contributed by atoms with van der Waals surface area (Å²) in [5.41, 5.74) is 0.612. The number of carbonyl (C=O) groups is 1. The van der Waals surface area contributed by atoms with Gasteiger partial charge in [-0.05, 0) is 12.1 Å². The predicted molar refractivity (Wildman–Crippen MR) is 61.9 cm³/mol. The van der Waals surface area contributed by atoms with Crippen LogP contribution in [0.2, 0.25) is 0 Å². The molecule has 1 N–H and O–H groups in total. The molecule has 0 atom stereocenters. The normalized spacial score (nSPS) is 13.1. The van der Waals surface area contributed by atoms with Crippen molar-refractivity contribution in [2.45, 2.75) is 0 Å². The van der Waals surface area contributed by atoms with Gasteiger partial charge in [-0.2, -0.15) is 0 Å². The summed E-state index contributed by atoms with van der Waals surface area (Å²) in [6.45, 7) is 1.04. The van der Waals surface area contributed by atoms with E-state index >= 15 is 0 Å². The molecule has 0 bridgehead atoms. The SMILES string of the molecule is O=C(Nc1ccc2c(c1)OCCO2)c1ccno1. The molecule has 1 aromatic heterocycles. The molecule has 6 nitrogen and oxygen atoms in total. The highest BCUT2D eigenvalue weighted by molar-refractivity contribution is 6.02. The molecule has 0 fully saturated rings. The van der Waals surface area contributed by atoms with Gasteiger partial charge in [0.05, 0.1) is 6.20 Å². The number of hydrogen-bond acceptors (Lipinski definition) is 5. The number of amides is 1. The van der Waals surface area contributed by atoms with Crippen molar-refractivity contribution in [1.82, 2.24) is 5.16 Å². The van der Waals surface area contributed by atoms with Crippen molar-refractivity contribution >= 4 is 11.6 Å². The Kier molecular flexibility index (Phi) is 2.60. The lowest BCUT2D eigenvalue weighted by Crippen LogP contribution is -2.16.